The van der Waals surface area contributed by atoms with Crippen LogP contribution in [0.3, 0.4) is 0 Å². The third-order valence-corrected chi connectivity index (χ3v) is 5.51. The van der Waals surface area contributed by atoms with Crippen molar-refractivity contribution in [1.82, 2.24) is 0 Å². The maximum atomic E-state index is 12.9. The SMILES string of the molecule is CCN(c1ccc(C(O)(C(F)(F)F)C(F)(F)F)cc1)S(=O)(=O)c1ccco1. The lowest BCUT2D eigenvalue weighted by Gasteiger charge is -2.33. The number of nitrogens with zero attached hydrogens (tertiary/aromatic N) is 1. The van der Waals surface area contributed by atoms with E-state index in [2.05, 4.69) is 0 Å². The predicted molar refractivity (Wildman–Crippen MR) is 81.4 cm³/mol. The van der Waals surface area contributed by atoms with E-state index in [1.54, 1.807) is 0 Å². The molecule has 2 rings (SSSR count). The van der Waals surface area contributed by atoms with E-state index in [1.165, 1.54) is 13.0 Å². The van der Waals surface area contributed by atoms with Crippen molar-refractivity contribution in [2.45, 2.75) is 30.0 Å². The molecule has 0 radical (unpaired) electrons. The van der Waals surface area contributed by atoms with E-state index in [9.17, 15) is 39.9 Å². The first-order valence-electron chi connectivity index (χ1n) is 7.29. The summed E-state index contributed by atoms with van der Waals surface area (Å²) in [6.45, 7) is 1.24. The Labute approximate surface area is 149 Å². The van der Waals surface area contributed by atoms with Gasteiger partial charge in [-0.2, -0.15) is 34.8 Å². The van der Waals surface area contributed by atoms with Gasteiger partial charge < -0.3 is 9.52 Å². The average Bonchev–Trinajstić information content (AvgIpc) is 3.08. The van der Waals surface area contributed by atoms with E-state index in [0.717, 1.165) is 28.8 Å². The molecule has 0 amide bonds. The Kier molecular flexibility index (Phi) is 5.27. The van der Waals surface area contributed by atoms with Crippen molar-refractivity contribution in [3.63, 3.8) is 0 Å². The Hall–Kier alpha value is -2.21. The van der Waals surface area contributed by atoms with Gasteiger partial charge in [-0.1, -0.05) is 12.1 Å². The highest BCUT2D eigenvalue weighted by Gasteiger charge is 2.71. The van der Waals surface area contributed by atoms with Gasteiger partial charge in [0.2, 0.25) is 5.09 Å². The van der Waals surface area contributed by atoms with Gasteiger partial charge in [-0.05, 0) is 31.2 Å². The number of sulfonamides is 1. The number of furan rings is 1. The van der Waals surface area contributed by atoms with Crippen molar-refractivity contribution in [3.05, 3.63) is 48.2 Å². The van der Waals surface area contributed by atoms with Crippen LogP contribution in [0.2, 0.25) is 0 Å². The summed E-state index contributed by atoms with van der Waals surface area (Å²) in [4.78, 5) is 0. The zero-order valence-electron chi connectivity index (χ0n) is 13.5. The molecule has 0 aliphatic rings. The summed E-state index contributed by atoms with van der Waals surface area (Å²) in [6, 6.07) is 4.66. The van der Waals surface area contributed by atoms with Crippen LogP contribution in [0.5, 0.6) is 0 Å². The third kappa shape index (κ3) is 3.50. The molecule has 0 fully saturated rings. The first-order chi connectivity index (χ1) is 12.3. The molecule has 12 heteroatoms. The summed E-state index contributed by atoms with van der Waals surface area (Å²) in [5, 5.41) is 8.91. The van der Waals surface area contributed by atoms with Gasteiger partial charge in [-0.15, -0.1) is 0 Å². The number of alkyl halides is 6. The monoisotopic (exact) mass is 417 g/mol. The van der Waals surface area contributed by atoms with E-state index in [-0.39, 0.29) is 12.2 Å². The van der Waals surface area contributed by atoms with Gasteiger partial charge in [0.15, 0.2) is 0 Å². The minimum Gasteiger partial charge on any atom is -0.451 e. The quantitative estimate of drug-likeness (QED) is 0.752. The molecule has 0 unspecified atom stereocenters. The number of hydrogen-bond acceptors (Lipinski definition) is 4. The fourth-order valence-corrected chi connectivity index (χ4v) is 3.75. The molecule has 1 aromatic carbocycles. The molecule has 150 valence electrons. The fraction of sp³-hybridized carbons (Fsp3) is 0.333. The molecule has 27 heavy (non-hydrogen) atoms. The average molecular weight is 417 g/mol. The molecular formula is C15H13F6NO4S. The van der Waals surface area contributed by atoms with Gasteiger partial charge in [0, 0.05) is 12.1 Å². The summed E-state index contributed by atoms with van der Waals surface area (Å²) in [7, 11) is -4.21. The normalized spacial score (nSPS) is 13.6. The fourth-order valence-electron chi connectivity index (χ4n) is 2.37. The second-order valence-electron chi connectivity index (χ2n) is 5.35. The van der Waals surface area contributed by atoms with Crippen LogP contribution in [0.4, 0.5) is 32.0 Å². The Morgan fingerprint density at radius 2 is 1.52 bits per heavy atom. The van der Waals surface area contributed by atoms with Crippen LogP contribution in [-0.4, -0.2) is 32.4 Å². The second kappa shape index (κ2) is 6.75. The highest BCUT2D eigenvalue weighted by Crippen LogP contribution is 2.50. The lowest BCUT2D eigenvalue weighted by molar-refractivity contribution is -0.376. The smallest absolute Gasteiger partial charge is 0.430 e. The van der Waals surface area contributed by atoms with Crippen molar-refractivity contribution in [3.8, 4) is 0 Å². The standard InChI is InChI=1S/C15H13F6NO4S/c1-2-22(27(24,25)12-4-3-9-26-12)11-7-5-10(6-8-11)13(23,14(16,17)18)15(19,20)21/h3-9,23H,2H2,1H3. The van der Waals surface area contributed by atoms with E-state index in [0.29, 0.717) is 12.1 Å². The minimum absolute atomic E-state index is 0.175. The number of hydrogen-bond donors (Lipinski definition) is 1. The summed E-state index contributed by atoms with van der Waals surface area (Å²) >= 11 is 0. The van der Waals surface area contributed by atoms with E-state index >= 15 is 0 Å². The number of benzene rings is 1. The van der Waals surface area contributed by atoms with Gasteiger partial charge in [0.05, 0.1) is 12.0 Å². The molecule has 1 aromatic heterocycles. The molecule has 1 heterocycles. The van der Waals surface area contributed by atoms with Crippen molar-refractivity contribution in [2.75, 3.05) is 10.8 Å². The molecule has 0 aliphatic heterocycles. The first kappa shape index (κ1) is 21.1. The highest BCUT2D eigenvalue weighted by molar-refractivity contribution is 7.92. The van der Waals surface area contributed by atoms with Crippen LogP contribution in [0.25, 0.3) is 0 Å². The third-order valence-electron chi connectivity index (χ3n) is 3.72. The summed E-state index contributed by atoms with van der Waals surface area (Å²) in [5.41, 5.74) is -6.78. The van der Waals surface area contributed by atoms with Crippen molar-refractivity contribution in [1.29, 1.82) is 0 Å². The van der Waals surface area contributed by atoms with Gasteiger partial charge >= 0.3 is 12.4 Å². The molecule has 0 aliphatic carbocycles. The van der Waals surface area contributed by atoms with Crippen LogP contribution in [-0.2, 0) is 15.6 Å². The Morgan fingerprint density at radius 1 is 1.00 bits per heavy atom. The van der Waals surface area contributed by atoms with Crippen molar-refractivity contribution in [2.24, 2.45) is 0 Å². The lowest BCUT2D eigenvalue weighted by atomic mass is 9.92. The number of halogens is 6. The molecule has 0 saturated heterocycles. The Balaban J connectivity index is 2.50. The van der Waals surface area contributed by atoms with Crippen LogP contribution in [0.15, 0.2) is 52.2 Å². The second-order valence-corrected chi connectivity index (χ2v) is 7.15. The summed E-state index contributed by atoms with van der Waals surface area (Å²) in [6.07, 6.45) is -11.0. The molecule has 0 saturated carbocycles. The van der Waals surface area contributed by atoms with Gasteiger partial charge in [-0.25, -0.2) is 0 Å². The van der Waals surface area contributed by atoms with Crippen molar-refractivity contribution < 1.29 is 44.3 Å². The number of anilines is 1. The molecular weight excluding hydrogens is 404 g/mol. The zero-order valence-corrected chi connectivity index (χ0v) is 14.4. The van der Waals surface area contributed by atoms with Gasteiger partial charge in [-0.3, -0.25) is 4.31 Å². The van der Waals surface area contributed by atoms with Gasteiger partial charge in [0.1, 0.15) is 0 Å². The lowest BCUT2D eigenvalue weighted by Crippen LogP contribution is -2.53. The van der Waals surface area contributed by atoms with E-state index in [1.807, 2.05) is 0 Å². The van der Waals surface area contributed by atoms with Gasteiger partial charge in [0.25, 0.3) is 15.6 Å². The predicted octanol–water partition coefficient (Wildman–Crippen LogP) is 3.81. The largest absolute Gasteiger partial charge is 0.451 e. The highest BCUT2D eigenvalue weighted by atomic mass is 32.2. The molecule has 5 nitrogen and oxygen atoms in total. The summed E-state index contributed by atoms with van der Waals surface area (Å²) < 4.78 is 108. The maximum absolute atomic E-state index is 12.9. The van der Waals surface area contributed by atoms with Crippen LogP contribution in [0, 0.1) is 0 Å². The summed E-state index contributed by atoms with van der Waals surface area (Å²) in [5.74, 6) is 0. The minimum atomic E-state index is -6.03. The Morgan fingerprint density at radius 3 is 1.89 bits per heavy atom. The molecule has 1 N–H and O–H groups in total. The molecule has 0 bridgehead atoms. The Bertz CT molecular complexity index is 859. The van der Waals surface area contributed by atoms with Crippen LogP contribution in [0.1, 0.15) is 12.5 Å². The topological polar surface area (TPSA) is 70.8 Å². The number of aliphatic hydroxyl groups is 1. The number of rotatable bonds is 5. The van der Waals surface area contributed by atoms with Crippen LogP contribution >= 0.6 is 0 Å². The maximum Gasteiger partial charge on any atom is 0.430 e. The first-order valence-corrected chi connectivity index (χ1v) is 8.73. The van der Waals surface area contributed by atoms with E-state index in [4.69, 9.17) is 4.42 Å². The molecule has 0 spiro atoms. The van der Waals surface area contributed by atoms with E-state index < -0.39 is 38.6 Å². The van der Waals surface area contributed by atoms with Crippen molar-refractivity contribution >= 4 is 15.7 Å². The van der Waals surface area contributed by atoms with Crippen LogP contribution < -0.4 is 4.31 Å². The molecule has 2 aromatic rings. The zero-order chi connectivity index (χ0) is 20.7. The molecule has 0 atom stereocenters.